The summed E-state index contributed by atoms with van der Waals surface area (Å²) in [6.45, 7) is 0. The summed E-state index contributed by atoms with van der Waals surface area (Å²) in [4.78, 5) is 10.7. The third-order valence-electron chi connectivity index (χ3n) is 3.37. The minimum atomic E-state index is 0.703. The van der Waals surface area contributed by atoms with Gasteiger partial charge >= 0.3 is 0 Å². The molecule has 0 saturated carbocycles. The average Bonchev–Trinajstić information content (AvgIpc) is 2.56. The SMILES string of the molecule is O=Cc1ccc(-c2ccc(-c3ccccc3)cc2)cc1. The fourth-order valence-corrected chi connectivity index (χ4v) is 2.24. The Morgan fingerprint density at radius 2 is 0.900 bits per heavy atom. The van der Waals surface area contributed by atoms with E-state index in [1.807, 2.05) is 42.5 Å². The van der Waals surface area contributed by atoms with Gasteiger partial charge in [0.25, 0.3) is 0 Å². The Labute approximate surface area is 118 Å². The maximum Gasteiger partial charge on any atom is 0.150 e. The second-order valence-corrected chi connectivity index (χ2v) is 4.68. The zero-order valence-corrected chi connectivity index (χ0v) is 11.0. The largest absolute Gasteiger partial charge is 0.298 e. The van der Waals surface area contributed by atoms with E-state index >= 15 is 0 Å². The lowest BCUT2D eigenvalue weighted by molar-refractivity contribution is 0.112. The molecule has 3 rings (SSSR count). The second-order valence-electron chi connectivity index (χ2n) is 4.68. The molecule has 0 heterocycles. The van der Waals surface area contributed by atoms with Gasteiger partial charge in [-0.05, 0) is 22.3 Å². The van der Waals surface area contributed by atoms with E-state index in [0.717, 1.165) is 17.4 Å². The van der Waals surface area contributed by atoms with Gasteiger partial charge in [-0.15, -0.1) is 0 Å². The Balaban J connectivity index is 1.91. The molecule has 0 unspecified atom stereocenters. The van der Waals surface area contributed by atoms with Gasteiger partial charge in [0.05, 0.1) is 0 Å². The highest BCUT2D eigenvalue weighted by molar-refractivity contribution is 5.77. The van der Waals surface area contributed by atoms with Crippen LogP contribution in [0, 0.1) is 0 Å². The summed E-state index contributed by atoms with van der Waals surface area (Å²) in [6, 6.07) is 26.4. The van der Waals surface area contributed by atoms with E-state index in [9.17, 15) is 4.79 Å². The molecule has 0 radical (unpaired) electrons. The second kappa shape index (κ2) is 5.54. The Hall–Kier alpha value is -2.67. The van der Waals surface area contributed by atoms with E-state index in [1.54, 1.807) is 0 Å². The molecule has 0 bridgehead atoms. The van der Waals surface area contributed by atoms with Crippen molar-refractivity contribution in [3.63, 3.8) is 0 Å². The Bertz CT molecular complexity index is 695. The van der Waals surface area contributed by atoms with Gasteiger partial charge in [-0.2, -0.15) is 0 Å². The molecule has 0 spiro atoms. The van der Waals surface area contributed by atoms with Gasteiger partial charge < -0.3 is 0 Å². The average molecular weight is 258 g/mol. The lowest BCUT2D eigenvalue weighted by Crippen LogP contribution is -1.82. The van der Waals surface area contributed by atoms with E-state index in [0.29, 0.717) is 5.56 Å². The number of hydrogen-bond acceptors (Lipinski definition) is 1. The number of aldehydes is 1. The predicted octanol–water partition coefficient (Wildman–Crippen LogP) is 4.83. The predicted molar refractivity (Wildman–Crippen MR) is 82.7 cm³/mol. The van der Waals surface area contributed by atoms with Crippen LogP contribution >= 0.6 is 0 Å². The molecular weight excluding hydrogens is 244 g/mol. The molecule has 0 saturated heterocycles. The van der Waals surface area contributed by atoms with Gasteiger partial charge in [-0.25, -0.2) is 0 Å². The molecule has 0 aliphatic carbocycles. The first-order valence-corrected chi connectivity index (χ1v) is 6.58. The Morgan fingerprint density at radius 1 is 0.500 bits per heavy atom. The van der Waals surface area contributed by atoms with Gasteiger partial charge in [-0.3, -0.25) is 4.79 Å². The van der Waals surface area contributed by atoms with E-state index in [1.165, 1.54) is 11.1 Å². The lowest BCUT2D eigenvalue weighted by Gasteiger charge is -2.05. The van der Waals surface area contributed by atoms with Crippen molar-refractivity contribution in [2.75, 3.05) is 0 Å². The van der Waals surface area contributed by atoms with Crippen molar-refractivity contribution in [1.82, 2.24) is 0 Å². The summed E-state index contributed by atoms with van der Waals surface area (Å²) >= 11 is 0. The minimum absolute atomic E-state index is 0.703. The normalized spacial score (nSPS) is 10.2. The minimum Gasteiger partial charge on any atom is -0.298 e. The van der Waals surface area contributed by atoms with Crippen molar-refractivity contribution < 1.29 is 4.79 Å². The fourth-order valence-electron chi connectivity index (χ4n) is 2.24. The summed E-state index contributed by atoms with van der Waals surface area (Å²) < 4.78 is 0. The maximum atomic E-state index is 10.7. The van der Waals surface area contributed by atoms with Crippen molar-refractivity contribution in [2.24, 2.45) is 0 Å². The quantitative estimate of drug-likeness (QED) is 0.615. The molecule has 3 aromatic rings. The number of carbonyl (C=O) groups is 1. The highest BCUT2D eigenvalue weighted by atomic mass is 16.1. The number of rotatable bonds is 3. The number of carbonyl (C=O) groups excluding carboxylic acids is 1. The van der Waals surface area contributed by atoms with Crippen molar-refractivity contribution >= 4 is 6.29 Å². The van der Waals surface area contributed by atoms with Crippen LogP contribution < -0.4 is 0 Å². The molecule has 0 aliphatic heterocycles. The molecule has 1 nitrogen and oxygen atoms in total. The van der Waals surface area contributed by atoms with Crippen LogP contribution in [0.4, 0.5) is 0 Å². The fraction of sp³-hybridized carbons (Fsp3) is 0. The van der Waals surface area contributed by atoms with Gasteiger partial charge in [0.2, 0.25) is 0 Å². The first-order chi connectivity index (χ1) is 9.86. The third kappa shape index (κ3) is 2.52. The van der Waals surface area contributed by atoms with Crippen LogP contribution in [0.5, 0.6) is 0 Å². The van der Waals surface area contributed by atoms with Gasteiger partial charge in [0.15, 0.2) is 0 Å². The molecule has 0 aliphatic rings. The molecule has 20 heavy (non-hydrogen) atoms. The number of benzene rings is 3. The molecular formula is C19H14O. The van der Waals surface area contributed by atoms with Gasteiger partial charge in [0, 0.05) is 5.56 Å². The summed E-state index contributed by atoms with van der Waals surface area (Å²) in [5.41, 5.74) is 5.40. The zero-order valence-electron chi connectivity index (χ0n) is 11.0. The summed E-state index contributed by atoms with van der Waals surface area (Å²) in [5, 5.41) is 0. The van der Waals surface area contributed by atoms with Crippen molar-refractivity contribution in [2.45, 2.75) is 0 Å². The standard InChI is InChI=1S/C19H14O/c20-14-15-6-8-17(9-7-15)19-12-10-18(11-13-19)16-4-2-1-3-5-16/h1-14H. The van der Waals surface area contributed by atoms with E-state index < -0.39 is 0 Å². The zero-order chi connectivity index (χ0) is 13.8. The van der Waals surface area contributed by atoms with E-state index in [4.69, 9.17) is 0 Å². The van der Waals surface area contributed by atoms with E-state index in [-0.39, 0.29) is 0 Å². The van der Waals surface area contributed by atoms with Crippen LogP contribution in [0.15, 0.2) is 78.9 Å². The lowest BCUT2D eigenvalue weighted by atomic mass is 10.00. The van der Waals surface area contributed by atoms with Crippen LogP contribution in [0.25, 0.3) is 22.3 Å². The maximum absolute atomic E-state index is 10.7. The summed E-state index contributed by atoms with van der Waals surface area (Å²) in [7, 11) is 0. The molecule has 0 fully saturated rings. The monoisotopic (exact) mass is 258 g/mol. The van der Waals surface area contributed by atoms with Crippen LogP contribution in [0.1, 0.15) is 10.4 Å². The van der Waals surface area contributed by atoms with Crippen LogP contribution in [0.3, 0.4) is 0 Å². The van der Waals surface area contributed by atoms with Crippen molar-refractivity contribution in [3.05, 3.63) is 84.4 Å². The molecule has 96 valence electrons. The molecule has 1 heteroatoms. The van der Waals surface area contributed by atoms with E-state index in [2.05, 4.69) is 36.4 Å². The molecule has 3 aromatic carbocycles. The first kappa shape index (κ1) is 12.4. The van der Waals surface area contributed by atoms with Crippen LogP contribution in [-0.2, 0) is 0 Å². The molecule has 0 aromatic heterocycles. The van der Waals surface area contributed by atoms with Crippen molar-refractivity contribution in [1.29, 1.82) is 0 Å². The number of hydrogen-bond donors (Lipinski definition) is 0. The smallest absolute Gasteiger partial charge is 0.150 e. The highest BCUT2D eigenvalue weighted by Crippen LogP contribution is 2.24. The summed E-state index contributed by atoms with van der Waals surface area (Å²) in [5.74, 6) is 0. The Kier molecular flexibility index (Phi) is 3.42. The van der Waals surface area contributed by atoms with Gasteiger partial charge in [0.1, 0.15) is 6.29 Å². The summed E-state index contributed by atoms with van der Waals surface area (Å²) in [6.07, 6.45) is 0.863. The Morgan fingerprint density at radius 3 is 1.35 bits per heavy atom. The first-order valence-electron chi connectivity index (χ1n) is 6.58. The topological polar surface area (TPSA) is 17.1 Å². The molecule has 0 amide bonds. The van der Waals surface area contributed by atoms with Crippen molar-refractivity contribution in [3.8, 4) is 22.3 Å². The van der Waals surface area contributed by atoms with Crippen LogP contribution in [-0.4, -0.2) is 6.29 Å². The molecule has 0 N–H and O–H groups in total. The molecule has 0 atom stereocenters. The van der Waals surface area contributed by atoms with Crippen LogP contribution in [0.2, 0.25) is 0 Å². The van der Waals surface area contributed by atoms with Gasteiger partial charge in [-0.1, -0.05) is 78.9 Å². The highest BCUT2D eigenvalue weighted by Gasteiger charge is 2.00. The third-order valence-corrected chi connectivity index (χ3v) is 3.37.